The molecule has 0 saturated carbocycles. The van der Waals surface area contributed by atoms with Crippen molar-refractivity contribution >= 4 is 11.7 Å². The van der Waals surface area contributed by atoms with Gasteiger partial charge in [0.15, 0.2) is 5.82 Å². The van der Waals surface area contributed by atoms with E-state index in [0.717, 1.165) is 41.6 Å². The van der Waals surface area contributed by atoms with Gasteiger partial charge >= 0.3 is 0 Å². The average molecular weight is 359 g/mol. The summed E-state index contributed by atoms with van der Waals surface area (Å²) in [5.41, 5.74) is 9.76. The molecular formula is C21H21N5O. The highest BCUT2D eigenvalue weighted by Gasteiger charge is 2.24. The number of fused-ring (bicyclic) bond motifs is 1. The molecule has 6 heteroatoms. The molecule has 0 spiro atoms. The maximum Gasteiger partial charge on any atom is 0.240 e. The van der Waals surface area contributed by atoms with Crippen LogP contribution in [0.15, 0.2) is 54.9 Å². The van der Waals surface area contributed by atoms with Crippen molar-refractivity contribution in [3.63, 3.8) is 0 Å². The first-order valence-corrected chi connectivity index (χ1v) is 9.10. The van der Waals surface area contributed by atoms with Gasteiger partial charge in [-0.05, 0) is 37.0 Å². The minimum Gasteiger partial charge on any atom is -0.368 e. The van der Waals surface area contributed by atoms with E-state index in [4.69, 9.17) is 15.7 Å². The van der Waals surface area contributed by atoms with Gasteiger partial charge in [-0.3, -0.25) is 9.78 Å². The number of nitrogens with zero attached hydrogens (tertiary/aromatic N) is 3. The zero-order chi connectivity index (χ0) is 18.6. The molecule has 4 rings (SSSR count). The summed E-state index contributed by atoms with van der Waals surface area (Å²) >= 11 is 0. The number of pyridine rings is 1. The minimum atomic E-state index is -0.530. The lowest BCUT2D eigenvalue weighted by atomic mass is 10.1. The number of aromatic nitrogens is 3. The number of hydrogen-bond acceptors (Lipinski definition) is 5. The molecule has 6 nitrogen and oxygen atoms in total. The molecule has 0 aliphatic heterocycles. The van der Waals surface area contributed by atoms with Crippen molar-refractivity contribution < 1.29 is 4.79 Å². The average Bonchev–Trinajstić information content (AvgIpc) is 3.18. The van der Waals surface area contributed by atoms with Crippen LogP contribution in [0, 0.1) is 0 Å². The van der Waals surface area contributed by atoms with E-state index >= 15 is 0 Å². The van der Waals surface area contributed by atoms with Gasteiger partial charge in [0, 0.05) is 35.6 Å². The number of amides is 1. The number of rotatable bonds is 6. The van der Waals surface area contributed by atoms with Crippen molar-refractivity contribution in [2.45, 2.75) is 31.7 Å². The zero-order valence-electron chi connectivity index (χ0n) is 14.9. The summed E-state index contributed by atoms with van der Waals surface area (Å²) in [6, 6.07) is 13.1. The van der Waals surface area contributed by atoms with Crippen molar-refractivity contribution in [2.75, 3.05) is 5.32 Å². The minimum absolute atomic E-state index is 0.394. The van der Waals surface area contributed by atoms with Crippen LogP contribution in [0.2, 0.25) is 0 Å². The Kier molecular flexibility index (Phi) is 4.78. The molecule has 0 radical (unpaired) electrons. The molecule has 136 valence electrons. The SMILES string of the molecule is NC(=O)C(Cc1ccccc1)Nc1nc(-c2ccncc2)nc2c1CCC2. The van der Waals surface area contributed by atoms with Gasteiger partial charge in [-0.1, -0.05) is 30.3 Å². The third-order valence-corrected chi connectivity index (χ3v) is 4.81. The van der Waals surface area contributed by atoms with Gasteiger partial charge in [0.05, 0.1) is 0 Å². The van der Waals surface area contributed by atoms with Crippen LogP contribution in [-0.2, 0) is 24.1 Å². The second-order valence-electron chi connectivity index (χ2n) is 6.70. The van der Waals surface area contributed by atoms with E-state index in [9.17, 15) is 4.79 Å². The second-order valence-corrected chi connectivity index (χ2v) is 6.70. The Balaban J connectivity index is 1.67. The van der Waals surface area contributed by atoms with Crippen LogP contribution in [0.1, 0.15) is 23.2 Å². The van der Waals surface area contributed by atoms with Crippen molar-refractivity contribution in [1.82, 2.24) is 15.0 Å². The Bertz CT molecular complexity index is 944. The van der Waals surface area contributed by atoms with Crippen LogP contribution in [0.3, 0.4) is 0 Å². The van der Waals surface area contributed by atoms with Gasteiger partial charge in [0.2, 0.25) is 5.91 Å². The molecule has 1 atom stereocenters. The first-order chi connectivity index (χ1) is 13.2. The monoisotopic (exact) mass is 359 g/mol. The maximum atomic E-state index is 12.1. The molecule has 2 aromatic heterocycles. The molecule has 1 aliphatic rings. The van der Waals surface area contributed by atoms with Crippen molar-refractivity contribution in [1.29, 1.82) is 0 Å². The summed E-state index contributed by atoms with van der Waals surface area (Å²) in [7, 11) is 0. The fourth-order valence-electron chi connectivity index (χ4n) is 3.42. The van der Waals surface area contributed by atoms with Gasteiger partial charge in [-0.2, -0.15) is 0 Å². The molecule has 0 saturated heterocycles. The van der Waals surface area contributed by atoms with E-state index in [-0.39, 0.29) is 0 Å². The fraction of sp³-hybridized carbons (Fsp3) is 0.238. The van der Waals surface area contributed by atoms with Crippen molar-refractivity contribution in [3.05, 3.63) is 71.7 Å². The Morgan fingerprint density at radius 1 is 1.07 bits per heavy atom. The molecule has 1 amide bonds. The van der Waals surface area contributed by atoms with Crippen LogP contribution < -0.4 is 11.1 Å². The van der Waals surface area contributed by atoms with E-state index in [1.54, 1.807) is 12.4 Å². The number of nitrogens with one attached hydrogen (secondary N) is 1. The van der Waals surface area contributed by atoms with Crippen LogP contribution >= 0.6 is 0 Å². The highest BCUT2D eigenvalue weighted by atomic mass is 16.1. The third kappa shape index (κ3) is 3.79. The Hall–Kier alpha value is -3.28. The van der Waals surface area contributed by atoms with Crippen molar-refractivity contribution in [3.8, 4) is 11.4 Å². The molecular weight excluding hydrogens is 338 g/mol. The summed E-state index contributed by atoms with van der Waals surface area (Å²) in [6.07, 6.45) is 6.83. The number of aryl methyl sites for hydroxylation is 1. The van der Waals surface area contributed by atoms with Gasteiger partial charge in [0.25, 0.3) is 0 Å². The Morgan fingerprint density at radius 2 is 1.85 bits per heavy atom. The van der Waals surface area contributed by atoms with Crippen LogP contribution in [0.4, 0.5) is 5.82 Å². The maximum absolute atomic E-state index is 12.1. The van der Waals surface area contributed by atoms with E-state index in [1.807, 2.05) is 42.5 Å². The molecule has 1 aromatic carbocycles. The Morgan fingerprint density at radius 3 is 2.59 bits per heavy atom. The van der Waals surface area contributed by atoms with Crippen LogP contribution in [0.25, 0.3) is 11.4 Å². The van der Waals surface area contributed by atoms with E-state index in [1.165, 1.54) is 0 Å². The summed E-state index contributed by atoms with van der Waals surface area (Å²) in [5, 5.41) is 3.30. The number of carbonyl (C=O) groups is 1. The molecule has 1 aliphatic carbocycles. The van der Waals surface area contributed by atoms with Gasteiger partial charge in [-0.15, -0.1) is 0 Å². The largest absolute Gasteiger partial charge is 0.368 e. The number of carbonyl (C=O) groups excluding carboxylic acids is 1. The molecule has 1 unspecified atom stereocenters. The summed E-state index contributed by atoms with van der Waals surface area (Å²) in [4.78, 5) is 25.6. The molecule has 0 bridgehead atoms. The number of anilines is 1. The Labute approximate surface area is 157 Å². The molecule has 2 heterocycles. The summed E-state index contributed by atoms with van der Waals surface area (Å²) in [6.45, 7) is 0. The summed E-state index contributed by atoms with van der Waals surface area (Å²) < 4.78 is 0. The number of benzene rings is 1. The van der Waals surface area contributed by atoms with Crippen LogP contribution in [-0.4, -0.2) is 26.9 Å². The first-order valence-electron chi connectivity index (χ1n) is 9.10. The highest BCUT2D eigenvalue weighted by molar-refractivity contribution is 5.83. The molecule has 27 heavy (non-hydrogen) atoms. The molecule has 0 fully saturated rings. The van der Waals surface area contributed by atoms with Gasteiger partial charge in [-0.25, -0.2) is 9.97 Å². The van der Waals surface area contributed by atoms with E-state index in [2.05, 4.69) is 10.3 Å². The highest BCUT2D eigenvalue weighted by Crippen LogP contribution is 2.29. The zero-order valence-corrected chi connectivity index (χ0v) is 14.9. The number of nitrogens with two attached hydrogens (primary N) is 1. The molecule has 3 N–H and O–H groups in total. The quantitative estimate of drug-likeness (QED) is 0.705. The third-order valence-electron chi connectivity index (χ3n) is 4.81. The predicted molar refractivity (Wildman–Crippen MR) is 104 cm³/mol. The summed E-state index contributed by atoms with van der Waals surface area (Å²) in [5.74, 6) is 0.960. The van der Waals surface area contributed by atoms with Crippen LogP contribution in [0.5, 0.6) is 0 Å². The van der Waals surface area contributed by atoms with Gasteiger partial charge < -0.3 is 11.1 Å². The van der Waals surface area contributed by atoms with E-state index < -0.39 is 11.9 Å². The lowest BCUT2D eigenvalue weighted by molar-refractivity contribution is -0.118. The lowest BCUT2D eigenvalue weighted by Crippen LogP contribution is -2.38. The number of primary amides is 1. The van der Waals surface area contributed by atoms with Gasteiger partial charge in [0.1, 0.15) is 11.9 Å². The molecule has 3 aromatic rings. The van der Waals surface area contributed by atoms with Crippen molar-refractivity contribution in [2.24, 2.45) is 5.73 Å². The standard InChI is InChI=1S/C21H21N5O/c22-19(27)18(13-14-5-2-1-3-6-14)25-21-16-7-4-8-17(16)24-20(26-21)15-9-11-23-12-10-15/h1-3,5-6,9-12,18H,4,7-8,13H2,(H2,22,27)(H,24,25,26). The smallest absolute Gasteiger partial charge is 0.240 e. The normalized spacial score (nSPS) is 13.8. The predicted octanol–water partition coefficient (Wildman–Crippen LogP) is 2.54. The topological polar surface area (TPSA) is 93.8 Å². The second kappa shape index (κ2) is 7.53. The number of hydrogen-bond donors (Lipinski definition) is 2. The fourth-order valence-corrected chi connectivity index (χ4v) is 3.42. The lowest BCUT2D eigenvalue weighted by Gasteiger charge is -2.19. The van der Waals surface area contributed by atoms with E-state index in [0.29, 0.717) is 18.1 Å². The first kappa shape index (κ1) is 17.1.